The number of aromatic nitrogens is 3. The predicted octanol–water partition coefficient (Wildman–Crippen LogP) is 0.940. The number of pyridine rings is 1. The highest BCUT2D eigenvalue weighted by atomic mass is 32.2. The van der Waals surface area contributed by atoms with Gasteiger partial charge >= 0.3 is 0 Å². The molecule has 17 heavy (non-hydrogen) atoms. The zero-order valence-electron chi connectivity index (χ0n) is 9.50. The van der Waals surface area contributed by atoms with Crippen LogP contribution in [-0.2, 0) is 9.84 Å². The minimum atomic E-state index is -2.88. The first-order valence-electron chi connectivity index (χ1n) is 5.57. The molecule has 3 rings (SSSR count). The van der Waals surface area contributed by atoms with Gasteiger partial charge in [-0.25, -0.2) is 8.42 Å². The summed E-state index contributed by atoms with van der Waals surface area (Å²) in [4.78, 5) is 0. The van der Waals surface area contributed by atoms with Crippen LogP contribution >= 0.6 is 0 Å². The van der Waals surface area contributed by atoms with E-state index in [1.807, 2.05) is 29.7 Å². The molecule has 0 N–H and O–H groups in total. The summed E-state index contributed by atoms with van der Waals surface area (Å²) in [6.07, 6.45) is 2.54. The van der Waals surface area contributed by atoms with Gasteiger partial charge < -0.3 is 0 Å². The molecule has 0 bridgehead atoms. The van der Waals surface area contributed by atoms with Crippen LogP contribution < -0.4 is 0 Å². The van der Waals surface area contributed by atoms with Crippen LogP contribution in [-0.4, -0.2) is 34.5 Å². The Hall–Kier alpha value is -1.43. The Bertz CT molecular complexity index is 675. The van der Waals surface area contributed by atoms with Crippen LogP contribution in [0.2, 0.25) is 0 Å². The average molecular weight is 251 g/mol. The van der Waals surface area contributed by atoms with Crippen molar-refractivity contribution in [3.05, 3.63) is 29.7 Å². The summed E-state index contributed by atoms with van der Waals surface area (Å²) in [5.74, 6) is 1.21. The molecule has 0 saturated carbocycles. The van der Waals surface area contributed by atoms with Gasteiger partial charge in [-0.3, -0.25) is 4.40 Å². The van der Waals surface area contributed by atoms with Crippen molar-refractivity contribution in [3.8, 4) is 0 Å². The van der Waals surface area contributed by atoms with Crippen molar-refractivity contribution in [2.24, 2.45) is 0 Å². The number of fused-ring (bicyclic) bond motifs is 1. The molecule has 3 heterocycles. The van der Waals surface area contributed by atoms with Crippen molar-refractivity contribution in [1.82, 2.24) is 14.6 Å². The van der Waals surface area contributed by atoms with Crippen LogP contribution in [0.1, 0.15) is 23.7 Å². The molecule has 2 aromatic heterocycles. The number of nitrogens with zero attached hydrogens (tertiary/aromatic N) is 3. The second-order valence-electron chi connectivity index (χ2n) is 4.54. The Morgan fingerprint density at radius 2 is 2.24 bits per heavy atom. The molecule has 1 atom stereocenters. The Kier molecular flexibility index (Phi) is 2.22. The van der Waals surface area contributed by atoms with E-state index in [1.54, 1.807) is 0 Å². The molecule has 1 unspecified atom stereocenters. The van der Waals surface area contributed by atoms with E-state index in [1.165, 1.54) is 0 Å². The molecule has 0 aliphatic carbocycles. The standard InChI is InChI=1S/C11H13N3O2S/c1-8-3-2-5-14-10(8)12-13-11(14)9-4-6-17(15,16)7-9/h2-3,5,9H,4,6-7H2,1H3. The van der Waals surface area contributed by atoms with Crippen LogP contribution in [0.5, 0.6) is 0 Å². The van der Waals surface area contributed by atoms with Crippen molar-refractivity contribution in [2.45, 2.75) is 19.3 Å². The summed E-state index contributed by atoms with van der Waals surface area (Å²) in [7, 11) is -2.88. The first-order chi connectivity index (χ1) is 8.07. The van der Waals surface area contributed by atoms with E-state index in [-0.39, 0.29) is 17.4 Å². The molecule has 1 saturated heterocycles. The second kappa shape index (κ2) is 3.53. The van der Waals surface area contributed by atoms with Crippen molar-refractivity contribution in [3.63, 3.8) is 0 Å². The van der Waals surface area contributed by atoms with Crippen molar-refractivity contribution >= 4 is 15.5 Å². The summed E-state index contributed by atoms with van der Waals surface area (Å²) < 4.78 is 24.9. The molecule has 1 fully saturated rings. The van der Waals surface area contributed by atoms with Gasteiger partial charge in [-0.05, 0) is 25.0 Å². The number of aryl methyl sites for hydroxylation is 1. The summed E-state index contributed by atoms with van der Waals surface area (Å²) in [6.45, 7) is 1.97. The molecule has 0 amide bonds. The Labute approximate surface area is 99.4 Å². The number of rotatable bonds is 1. The Balaban J connectivity index is 2.11. The van der Waals surface area contributed by atoms with Gasteiger partial charge in [-0.2, -0.15) is 0 Å². The summed E-state index contributed by atoms with van der Waals surface area (Å²) in [5, 5.41) is 8.28. The fraction of sp³-hybridized carbons (Fsp3) is 0.455. The normalized spacial score (nSPS) is 23.2. The Morgan fingerprint density at radius 3 is 2.94 bits per heavy atom. The quantitative estimate of drug-likeness (QED) is 0.756. The topological polar surface area (TPSA) is 64.3 Å². The van der Waals surface area contributed by atoms with E-state index in [4.69, 9.17) is 0 Å². The number of hydrogen-bond donors (Lipinski definition) is 0. The van der Waals surface area contributed by atoms with Crippen LogP contribution in [0.3, 0.4) is 0 Å². The van der Waals surface area contributed by atoms with Crippen molar-refractivity contribution in [2.75, 3.05) is 11.5 Å². The first-order valence-corrected chi connectivity index (χ1v) is 7.40. The summed E-state index contributed by atoms with van der Waals surface area (Å²) in [6, 6.07) is 3.90. The molecule has 0 radical (unpaired) electrons. The van der Waals surface area contributed by atoms with Gasteiger partial charge in [0.05, 0.1) is 11.5 Å². The monoisotopic (exact) mass is 251 g/mol. The highest BCUT2D eigenvalue weighted by Gasteiger charge is 2.32. The zero-order valence-corrected chi connectivity index (χ0v) is 10.3. The van der Waals surface area contributed by atoms with Crippen LogP contribution in [0.25, 0.3) is 5.65 Å². The molecule has 6 heteroatoms. The summed E-state index contributed by atoms with van der Waals surface area (Å²) in [5.41, 5.74) is 1.86. The summed E-state index contributed by atoms with van der Waals surface area (Å²) >= 11 is 0. The number of sulfone groups is 1. The van der Waals surface area contributed by atoms with Crippen LogP contribution in [0.15, 0.2) is 18.3 Å². The second-order valence-corrected chi connectivity index (χ2v) is 6.77. The molecular weight excluding hydrogens is 238 g/mol. The molecule has 1 aliphatic rings. The third kappa shape index (κ3) is 1.72. The smallest absolute Gasteiger partial charge is 0.163 e. The molecule has 0 spiro atoms. The molecular formula is C11H13N3O2S. The lowest BCUT2D eigenvalue weighted by Crippen LogP contribution is -2.07. The maximum Gasteiger partial charge on any atom is 0.163 e. The molecule has 90 valence electrons. The zero-order chi connectivity index (χ0) is 12.0. The lowest BCUT2D eigenvalue weighted by Gasteiger charge is -2.05. The van der Waals surface area contributed by atoms with E-state index in [0.29, 0.717) is 6.42 Å². The average Bonchev–Trinajstić information content (AvgIpc) is 2.82. The van der Waals surface area contributed by atoms with E-state index >= 15 is 0 Å². The minimum Gasteiger partial charge on any atom is -0.286 e. The fourth-order valence-electron chi connectivity index (χ4n) is 2.34. The van der Waals surface area contributed by atoms with Crippen LogP contribution in [0.4, 0.5) is 0 Å². The van der Waals surface area contributed by atoms with Crippen LogP contribution in [0, 0.1) is 6.92 Å². The van der Waals surface area contributed by atoms with Gasteiger partial charge in [0.1, 0.15) is 5.82 Å². The van der Waals surface area contributed by atoms with Gasteiger partial charge in [0.15, 0.2) is 15.5 Å². The van der Waals surface area contributed by atoms with E-state index < -0.39 is 9.84 Å². The molecule has 5 nitrogen and oxygen atoms in total. The van der Waals surface area contributed by atoms with E-state index in [2.05, 4.69) is 10.2 Å². The molecule has 0 aromatic carbocycles. The largest absolute Gasteiger partial charge is 0.286 e. The highest BCUT2D eigenvalue weighted by molar-refractivity contribution is 7.91. The SMILES string of the molecule is Cc1cccn2c(C3CCS(=O)(=O)C3)nnc12. The Morgan fingerprint density at radius 1 is 1.41 bits per heavy atom. The lowest BCUT2D eigenvalue weighted by atomic mass is 10.1. The highest BCUT2D eigenvalue weighted by Crippen LogP contribution is 2.28. The third-order valence-electron chi connectivity index (χ3n) is 3.25. The van der Waals surface area contributed by atoms with Gasteiger partial charge in [-0.1, -0.05) is 6.07 Å². The van der Waals surface area contributed by atoms with Gasteiger partial charge in [0.25, 0.3) is 0 Å². The van der Waals surface area contributed by atoms with Gasteiger partial charge in [-0.15, -0.1) is 10.2 Å². The van der Waals surface area contributed by atoms with Crippen molar-refractivity contribution in [1.29, 1.82) is 0 Å². The van der Waals surface area contributed by atoms with E-state index in [9.17, 15) is 8.42 Å². The fourth-order valence-corrected chi connectivity index (χ4v) is 4.08. The maximum absolute atomic E-state index is 11.5. The number of hydrogen-bond acceptors (Lipinski definition) is 4. The molecule has 1 aliphatic heterocycles. The maximum atomic E-state index is 11.5. The van der Waals surface area contributed by atoms with Gasteiger partial charge in [0, 0.05) is 12.1 Å². The lowest BCUT2D eigenvalue weighted by molar-refractivity contribution is 0.601. The first kappa shape index (κ1) is 10.7. The third-order valence-corrected chi connectivity index (χ3v) is 5.02. The van der Waals surface area contributed by atoms with Gasteiger partial charge in [0.2, 0.25) is 0 Å². The van der Waals surface area contributed by atoms with Crippen molar-refractivity contribution < 1.29 is 8.42 Å². The predicted molar refractivity (Wildman–Crippen MR) is 63.7 cm³/mol. The minimum absolute atomic E-state index is 0.0169. The molecule has 2 aromatic rings. The van der Waals surface area contributed by atoms with E-state index in [0.717, 1.165) is 17.0 Å².